The summed E-state index contributed by atoms with van der Waals surface area (Å²) in [4.78, 5) is 16.1. The number of nitrogens with zero attached hydrogens (tertiary/aromatic N) is 2. The van der Waals surface area contributed by atoms with E-state index in [0.29, 0.717) is 5.39 Å². The molecule has 0 aliphatic carbocycles. The minimum atomic E-state index is -4.03. The molecule has 0 aliphatic rings. The number of halogens is 1. The fraction of sp³-hybridized carbons (Fsp3) is 0.0667. The van der Waals surface area contributed by atoms with Crippen molar-refractivity contribution in [2.24, 2.45) is 0 Å². The molecule has 1 aromatic carbocycles. The first-order valence-electron chi connectivity index (χ1n) is 6.52. The maximum Gasteiger partial charge on any atom is 0.355 e. The first kappa shape index (κ1) is 15.5. The highest BCUT2D eigenvalue weighted by atomic mass is 35.5. The average Bonchev–Trinajstić information content (AvgIpc) is 2.94. The van der Waals surface area contributed by atoms with Crippen LogP contribution in [0, 0.1) is 0 Å². The van der Waals surface area contributed by atoms with E-state index in [9.17, 15) is 13.2 Å². The monoisotopic (exact) mass is 350 g/mol. The Balaban J connectivity index is 2.39. The van der Waals surface area contributed by atoms with Gasteiger partial charge in [0.25, 0.3) is 10.0 Å². The Morgan fingerprint density at radius 2 is 1.87 bits per heavy atom. The molecule has 0 atom stereocenters. The van der Waals surface area contributed by atoms with E-state index in [4.69, 9.17) is 11.6 Å². The Bertz CT molecular complexity index is 997. The van der Waals surface area contributed by atoms with Crippen LogP contribution in [0.2, 0.25) is 5.15 Å². The number of rotatable bonds is 3. The van der Waals surface area contributed by atoms with Gasteiger partial charge < -0.3 is 4.74 Å². The molecule has 118 valence electrons. The molecule has 3 rings (SSSR count). The van der Waals surface area contributed by atoms with Crippen molar-refractivity contribution in [2.75, 3.05) is 7.11 Å². The zero-order valence-electron chi connectivity index (χ0n) is 11.9. The van der Waals surface area contributed by atoms with Crippen LogP contribution in [0.5, 0.6) is 0 Å². The smallest absolute Gasteiger partial charge is 0.355 e. The highest BCUT2D eigenvalue weighted by molar-refractivity contribution is 7.90. The van der Waals surface area contributed by atoms with Gasteiger partial charge in [0, 0.05) is 5.39 Å². The fourth-order valence-corrected chi connectivity index (χ4v) is 3.83. The predicted molar refractivity (Wildman–Crippen MR) is 85.1 cm³/mol. The van der Waals surface area contributed by atoms with Gasteiger partial charge in [-0.1, -0.05) is 29.8 Å². The van der Waals surface area contributed by atoms with Crippen molar-refractivity contribution in [3.8, 4) is 0 Å². The average molecular weight is 351 g/mol. The van der Waals surface area contributed by atoms with Crippen molar-refractivity contribution < 1.29 is 17.9 Å². The quantitative estimate of drug-likeness (QED) is 0.536. The second-order valence-corrected chi connectivity index (χ2v) is 6.82. The molecule has 0 bridgehead atoms. The van der Waals surface area contributed by atoms with Crippen molar-refractivity contribution in [1.29, 1.82) is 0 Å². The lowest BCUT2D eigenvalue weighted by atomic mass is 10.3. The molecule has 0 saturated heterocycles. The van der Waals surface area contributed by atoms with Crippen LogP contribution in [0.1, 0.15) is 10.5 Å². The number of methoxy groups -OCH3 is 1. The molecule has 2 heterocycles. The number of pyridine rings is 1. The Labute approximate surface area is 137 Å². The highest BCUT2D eigenvalue weighted by Gasteiger charge is 2.27. The standard InChI is InChI=1S/C15H11ClN2O4S/c1-22-15(19)12-9-10-7-8-13(16)17-14(10)18(12)23(20,21)11-5-3-2-4-6-11/h2-9H,1H3. The molecule has 2 aromatic heterocycles. The summed E-state index contributed by atoms with van der Waals surface area (Å²) in [5.41, 5.74) is -0.0668. The number of hydrogen-bond donors (Lipinski definition) is 0. The van der Waals surface area contributed by atoms with Gasteiger partial charge in [-0.3, -0.25) is 0 Å². The van der Waals surface area contributed by atoms with Gasteiger partial charge in [-0.05, 0) is 30.3 Å². The molecule has 23 heavy (non-hydrogen) atoms. The van der Waals surface area contributed by atoms with Gasteiger partial charge in [-0.2, -0.15) is 0 Å². The van der Waals surface area contributed by atoms with Gasteiger partial charge in [0.2, 0.25) is 0 Å². The Hall–Kier alpha value is -2.38. The summed E-state index contributed by atoms with van der Waals surface area (Å²) in [6.07, 6.45) is 0. The van der Waals surface area contributed by atoms with Crippen LogP contribution >= 0.6 is 11.6 Å². The minimum absolute atomic E-state index is 0.0319. The summed E-state index contributed by atoms with van der Waals surface area (Å²) >= 11 is 5.87. The van der Waals surface area contributed by atoms with Crippen LogP contribution in [0.25, 0.3) is 11.0 Å². The van der Waals surface area contributed by atoms with E-state index in [1.807, 2.05) is 0 Å². The molecule has 0 aliphatic heterocycles. The molecule has 0 radical (unpaired) electrons. The number of esters is 1. The normalized spacial score (nSPS) is 11.6. The molecule has 0 amide bonds. The van der Waals surface area contributed by atoms with Gasteiger partial charge in [-0.15, -0.1) is 0 Å². The Kier molecular flexibility index (Phi) is 3.83. The Morgan fingerprint density at radius 3 is 2.52 bits per heavy atom. The summed E-state index contributed by atoms with van der Waals surface area (Å²) < 4.78 is 31.4. The molecule has 6 nitrogen and oxygen atoms in total. The number of ether oxygens (including phenoxy) is 1. The van der Waals surface area contributed by atoms with Crippen LogP contribution in [0.3, 0.4) is 0 Å². The first-order valence-corrected chi connectivity index (χ1v) is 8.34. The lowest BCUT2D eigenvalue weighted by molar-refractivity contribution is 0.0593. The molecule has 8 heteroatoms. The fourth-order valence-electron chi connectivity index (χ4n) is 2.22. The van der Waals surface area contributed by atoms with Crippen LogP contribution in [0.15, 0.2) is 53.4 Å². The summed E-state index contributed by atoms with van der Waals surface area (Å²) in [6.45, 7) is 0. The number of benzene rings is 1. The minimum Gasteiger partial charge on any atom is -0.464 e. The molecule has 0 spiro atoms. The van der Waals surface area contributed by atoms with E-state index in [1.165, 1.54) is 31.4 Å². The maximum atomic E-state index is 12.9. The number of carbonyl (C=O) groups is 1. The Morgan fingerprint density at radius 1 is 1.17 bits per heavy atom. The van der Waals surface area contributed by atoms with E-state index in [1.54, 1.807) is 24.3 Å². The second kappa shape index (κ2) is 5.68. The van der Waals surface area contributed by atoms with Crippen molar-refractivity contribution in [3.05, 3.63) is 59.4 Å². The first-order chi connectivity index (χ1) is 10.9. The topological polar surface area (TPSA) is 78.3 Å². The van der Waals surface area contributed by atoms with Gasteiger partial charge in [0.05, 0.1) is 12.0 Å². The molecule has 0 N–H and O–H groups in total. The number of fused-ring (bicyclic) bond motifs is 1. The summed E-state index contributed by atoms with van der Waals surface area (Å²) in [5.74, 6) is -0.779. The van der Waals surface area contributed by atoms with Crippen LogP contribution < -0.4 is 0 Å². The summed E-state index contributed by atoms with van der Waals surface area (Å²) in [6, 6.07) is 12.3. The molecular weight excluding hydrogens is 340 g/mol. The van der Waals surface area contributed by atoms with E-state index in [2.05, 4.69) is 9.72 Å². The van der Waals surface area contributed by atoms with Crippen LogP contribution in [-0.2, 0) is 14.8 Å². The second-order valence-electron chi connectivity index (χ2n) is 4.65. The third-order valence-electron chi connectivity index (χ3n) is 3.25. The molecule has 0 fully saturated rings. The van der Waals surface area contributed by atoms with Gasteiger partial charge in [0.15, 0.2) is 5.65 Å². The van der Waals surface area contributed by atoms with E-state index in [0.717, 1.165) is 3.97 Å². The van der Waals surface area contributed by atoms with Crippen molar-refractivity contribution in [2.45, 2.75) is 4.90 Å². The molecule has 0 unspecified atom stereocenters. The zero-order valence-corrected chi connectivity index (χ0v) is 13.5. The highest BCUT2D eigenvalue weighted by Crippen LogP contribution is 2.26. The van der Waals surface area contributed by atoms with Gasteiger partial charge >= 0.3 is 5.97 Å². The number of hydrogen-bond acceptors (Lipinski definition) is 5. The van der Waals surface area contributed by atoms with Gasteiger partial charge in [0.1, 0.15) is 10.8 Å². The number of carbonyl (C=O) groups excluding carboxylic acids is 1. The maximum absolute atomic E-state index is 12.9. The zero-order chi connectivity index (χ0) is 16.6. The van der Waals surface area contributed by atoms with Crippen molar-refractivity contribution in [3.63, 3.8) is 0 Å². The number of aromatic nitrogens is 2. The van der Waals surface area contributed by atoms with E-state index >= 15 is 0 Å². The summed E-state index contributed by atoms with van der Waals surface area (Å²) in [5, 5.41) is 0.589. The third kappa shape index (κ3) is 2.58. The van der Waals surface area contributed by atoms with Crippen molar-refractivity contribution in [1.82, 2.24) is 8.96 Å². The molecule has 0 saturated carbocycles. The van der Waals surface area contributed by atoms with Crippen molar-refractivity contribution >= 4 is 38.6 Å². The SMILES string of the molecule is COC(=O)c1cc2ccc(Cl)nc2n1S(=O)(=O)c1ccccc1. The lowest BCUT2D eigenvalue weighted by Gasteiger charge is -2.10. The summed E-state index contributed by atoms with van der Waals surface area (Å²) in [7, 11) is -2.85. The molecule has 3 aromatic rings. The third-order valence-corrected chi connectivity index (χ3v) is 5.18. The predicted octanol–water partition coefficient (Wildman–Crippen LogP) is 2.71. The lowest BCUT2D eigenvalue weighted by Crippen LogP contribution is -2.19. The van der Waals surface area contributed by atoms with E-state index < -0.39 is 16.0 Å². The van der Waals surface area contributed by atoms with Crippen LogP contribution in [0.4, 0.5) is 0 Å². The van der Waals surface area contributed by atoms with E-state index in [-0.39, 0.29) is 21.4 Å². The van der Waals surface area contributed by atoms with Crippen LogP contribution in [-0.4, -0.2) is 30.5 Å². The largest absolute Gasteiger partial charge is 0.464 e. The molecular formula is C15H11ClN2O4S. The van der Waals surface area contributed by atoms with Gasteiger partial charge in [-0.25, -0.2) is 22.2 Å².